The standard InChI is InChI=1S/C16H12N4O6S/c21-15(22)16(13-5-7-25-18-13,27(23,24)20-14-6-8-26-19-14)11-9-17-12-4-2-1-3-10(11)12/h1-9,17H,(H,19,20)(H,21,22). The Morgan fingerprint density at radius 1 is 1.11 bits per heavy atom. The van der Waals surface area contributed by atoms with E-state index in [1.807, 2.05) is 0 Å². The van der Waals surface area contributed by atoms with E-state index < -0.39 is 20.7 Å². The number of rotatable bonds is 6. The monoisotopic (exact) mass is 388 g/mol. The van der Waals surface area contributed by atoms with Gasteiger partial charge in [0, 0.05) is 34.8 Å². The Labute approximate surface area is 151 Å². The minimum absolute atomic E-state index is 0.0181. The van der Waals surface area contributed by atoms with Crippen molar-refractivity contribution in [1.82, 2.24) is 15.3 Å². The van der Waals surface area contributed by atoms with Gasteiger partial charge in [0.2, 0.25) is 0 Å². The van der Waals surface area contributed by atoms with Crippen LogP contribution < -0.4 is 4.72 Å². The van der Waals surface area contributed by atoms with Gasteiger partial charge in [-0.15, -0.1) is 0 Å². The predicted molar refractivity (Wildman–Crippen MR) is 92.3 cm³/mol. The highest BCUT2D eigenvalue weighted by atomic mass is 32.2. The number of hydrogen-bond acceptors (Lipinski definition) is 7. The van der Waals surface area contributed by atoms with Crippen LogP contribution in [0.4, 0.5) is 5.82 Å². The molecule has 1 aromatic carbocycles. The van der Waals surface area contributed by atoms with Crippen LogP contribution in [0.25, 0.3) is 10.9 Å². The van der Waals surface area contributed by atoms with Gasteiger partial charge in [-0.2, -0.15) is 0 Å². The zero-order chi connectivity index (χ0) is 19.1. The van der Waals surface area contributed by atoms with E-state index in [9.17, 15) is 18.3 Å². The van der Waals surface area contributed by atoms with Gasteiger partial charge in [0.1, 0.15) is 18.2 Å². The number of sulfonamides is 1. The number of carboxylic acids is 1. The van der Waals surface area contributed by atoms with Crippen LogP contribution >= 0.6 is 0 Å². The van der Waals surface area contributed by atoms with Crippen molar-refractivity contribution in [3.63, 3.8) is 0 Å². The maximum atomic E-state index is 13.3. The normalized spacial score (nSPS) is 14.1. The Balaban J connectivity index is 2.05. The lowest BCUT2D eigenvalue weighted by molar-refractivity contribution is -0.139. The highest BCUT2D eigenvalue weighted by Crippen LogP contribution is 2.41. The number of aromatic nitrogens is 3. The Bertz CT molecular complexity index is 1200. The predicted octanol–water partition coefficient (Wildman–Crippen LogP) is 1.91. The summed E-state index contributed by atoms with van der Waals surface area (Å²) in [5, 5.41) is 17.7. The molecule has 4 rings (SSSR count). The Morgan fingerprint density at radius 2 is 1.85 bits per heavy atom. The van der Waals surface area contributed by atoms with Gasteiger partial charge in [-0.05, 0) is 6.07 Å². The SMILES string of the molecule is O=C(O)C(c1ccon1)(c1c[nH]c2ccccc12)S(=O)(=O)Nc1ccon1. The molecular weight excluding hydrogens is 376 g/mol. The van der Waals surface area contributed by atoms with Crippen LogP contribution in [0.3, 0.4) is 0 Å². The molecule has 11 heteroatoms. The lowest BCUT2D eigenvalue weighted by Gasteiger charge is -2.26. The first-order valence-corrected chi connectivity index (χ1v) is 9.08. The summed E-state index contributed by atoms with van der Waals surface area (Å²) in [6, 6.07) is 9.17. The van der Waals surface area contributed by atoms with E-state index in [0.717, 1.165) is 12.5 Å². The first-order valence-electron chi connectivity index (χ1n) is 7.60. The molecule has 3 N–H and O–H groups in total. The molecule has 0 fully saturated rings. The summed E-state index contributed by atoms with van der Waals surface area (Å²) in [5.74, 6) is -1.82. The van der Waals surface area contributed by atoms with Gasteiger partial charge < -0.3 is 19.1 Å². The second kappa shape index (κ2) is 5.99. The summed E-state index contributed by atoms with van der Waals surface area (Å²) in [6.07, 6.45) is 3.59. The van der Waals surface area contributed by atoms with E-state index in [0.29, 0.717) is 10.9 Å². The molecule has 0 spiro atoms. The maximum Gasteiger partial charge on any atom is 0.338 e. The molecule has 0 amide bonds. The van der Waals surface area contributed by atoms with Crippen LogP contribution in [0, 0.1) is 0 Å². The molecule has 138 valence electrons. The third kappa shape index (κ3) is 2.39. The number of carboxylic acid groups (broad SMARTS) is 1. The van der Waals surface area contributed by atoms with Gasteiger partial charge in [-0.25, -0.2) is 13.2 Å². The van der Waals surface area contributed by atoms with Crippen molar-refractivity contribution in [3.8, 4) is 0 Å². The second-order valence-electron chi connectivity index (χ2n) is 5.61. The van der Waals surface area contributed by atoms with Crippen LogP contribution in [-0.2, 0) is 19.6 Å². The molecule has 0 radical (unpaired) electrons. The smallest absolute Gasteiger partial charge is 0.338 e. The largest absolute Gasteiger partial charge is 0.479 e. The topological polar surface area (TPSA) is 151 Å². The van der Waals surface area contributed by atoms with E-state index >= 15 is 0 Å². The first kappa shape index (κ1) is 16.8. The molecule has 0 bridgehead atoms. The number of anilines is 1. The van der Waals surface area contributed by atoms with Crippen LogP contribution in [0.5, 0.6) is 0 Å². The Morgan fingerprint density at radius 3 is 2.52 bits per heavy atom. The van der Waals surface area contributed by atoms with Crippen molar-refractivity contribution in [3.05, 3.63) is 66.4 Å². The molecule has 0 aliphatic carbocycles. The van der Waals surface area contributed by atoms with Gasteiger partial charge >= 0.3 is 5.97 Å². The van der Waals surface area contributed by atoms with Crippen molar-refractivity contribution >= 4 is 32.7 Å². The molecule has 0 saturated carbocycles. The number of aromatic amines is 1. The molecule has 3 aromatic heterocycles. The van der Waals surface area contributed by atoms with Crippen molar-refractivity contribution in [1.29, 1.82) is 0 Å². The van der Waals surface area contributed by atoms with Gasteiger partial charge in [-0.1, -0.05) is 28.5 Å². The Kier molecular flexibility index (Phi) is 3.73. The average Bonchev–Trinajstić information content (AvgIpc) is 3.37. The zero-order valence-corrected chi connectivity index (χ0v) is 14.3. The fraction of sp³-hybridized carbons (Fsp3) is 0.0625. The van der Waals surface area contributed by atoms with E-state index in [2.05, 4.69) is 24.5 Å². The Hall–Kier alpha value is -3.60. The molecule has 1 unspecified atom stereocenters. The number of fused-ring (bicyclic) bond motifs is 1. The number of H-pyrrole nitrogens is 1. The first-order chi connectivity index (χ1) is 13.0. The summed E-state index contributed by atoms with van der Waals surface area (Å²) < 4.78 is 35.6. The molecule has 4 aromatic rings. The third-order valence-corrected chi connectivity index (χ3v) is 6.04. The number of nitrogens with zero attached hydrogens (tertiary/aromatic N) is 2. The highest BCUT2D eigenvalue weighted by molar-refractivity contribution is 7.94. The van der Waals surface area contributed by atoms with E-state index in [1.54, 1.807) is 24.3 Å². The molecule has 1 atom stereocenters. The molecule has 3 heterocycles. The summed E-state index contributed by atoms with van der Waals surface area (Å²) in [5.41, 5.74) is 0.240. The summed E-state index contributed by atoms with van der Waals surface area (Å²) in [7, 11) is -4.66. The van der Waals surface area contributed by atoms with Crippen molar-refractivity contribution in [2.24, 2.45) is 0 Å². The van der Waals surface area contributed by atoms with Crippen LogP contribution in [0.2, 0.25) is 0 Å². The lowest BCUT2D eigenvalue weighted by Crippen LogP contribution is -2.48. The molecule has 0 aliphatic rings. The number of nitrogens with one attached hydrogen (secondary N) is 2. The lowest BCUT2D eigenvalue weighted by atomic mass is 9.94. The van der Waals surface area contributed by atoms with Crippen molar-refractivity contribution in [2.45, 2.75) is 4.75 Å². The molecular formula is C16H12N4O6S. The minimum Gasteiger partial charge on any atom is -0.479 e. The van der Waals surface area contributed by atoms with Gasteiger partial charge in [0.05, 0.1) is 0 Å². The number of benzene rings is 1. The van der Waals surface area contributed by atoms with Crippen molar-refractivity contribution < 1.29 is 27.4 Å². The van der Waals surface area contributed by atoms with E-state index in [1.165, 1.54) is 18.3 Å². The summed E-state index contributed by atoms with van der Waals surface area (Å²) in [6.45, 7) is 0. The number of carbonyl (C=O) groups is 1. The number of hydrogen-bond donors (Lipinski definition) is 3. The quantitative estimate of drug-likeness (QED) is 0.453. The highest BCUT2D eigenvalue weighted by Gasteiger charge is 2.58. The fourth-order valence-corrected chi connectivity index (χ4v) is 4.60. The molecule has 10 nitrogen and oxygen atoms in total. The molecule has 0 aliphatic heterocycles. The number of para-hydroxylation sites is 1. The summed E-state index contributed by atoms with van der Waals surface area (Å²) in [4.78, 5) is 15.4. The van der Waals surface area contributed by atoms with Gasteiger partial charge in [0.15, 0.2) is 5.82 Å². The summed E-state index contributed by atoms with van der Waals surface area (Å²) >= 11 is 0. The van der Waals surface area contributed by atoms with E-state index in [4.69, 9.17) is 4.52 Å². The maximum absolute atomic E-state index is 13.3. The molecule has 0 saturated heterocycles. The van der Waals surface area contributed by atoms with Crippen LogP contribution in [-0.4, -0.2) is 34.8 Å². The third-order valence-electron chi connectivity index (χ3n) is 4.15. The molecule has 27 heavy (non-hydrogen) atoms. The van der Waals surface area contributed by atoms with Gasteiger partial charge in [-0.3, -0.25) is 4.72 Å². The van der Waals surface area contributed by atoms with Crippen molar-refractivity contribution in [2.75, 3.05) is 4.72 Å². The fourth-order valence-electron chi connectivity index (χ4n) is 3.00. The average molecular weight is 388 g/mol. The number of aliphatic carboxylic acids is 1. The minimum atomic E-state index is -4.66. The van der Waals surface area contributed by atoms with Gasteiger partial charge in [0.25, 0.3) is 14.8 Å². The second-order valence-corrected chi connectivity index (χ2v) is 7.43. The van der Waals surface area contributed by atoms with Crippen LogP contribution in [0.1, 0.15) is 11.3 Å². The van der Waals surface area contributed by atoms with Crippen LogP contribution in [0.15, 0.2) is 64.2 Å². The zero-order valence-electron chi connectivity index (χ0n) is 13.5. The van der Waals surface area contributed by atoms with E-state index in [-0.39, 0.29) is 17.1 Å².